The molecule has 0 bridgehead atoms. The predicted molar refractivity (Wildman–Crippen MR) is 105 cm³/mol. The van der Waals surface area contributed by atoms with Gasteiger partial charge in [0.25, 0.3) is 5.91 Å². The number of hydrogen-bond acceptors (Lipinski definition) is 4. The first-order valence-electron chi connectivity index (χ1n) is 8.20. The van der Waals surface area contributed by atoms with Crippen LogP contribution in [0.4, 0.5) is 11.5 Å². The number of aromatic nitrogens is 2. The molecule has 0 atom stereocenters. The van der Waals surface area contributed by atoms with Gasteiger partial charge in [0, 0.05) is 30.4 Å². The van der Waals surface area contributed by atoms with Crippen molar-refractivity contribution in [2.75, 3.05) is 17.3 Å². The van der Waals surface area contributed by atoms with Crippen LogP contribution in [0.3, 0.4) is 0 Å². The topological polar surface area (TPSA) is 58.1 Å². The van der Waals surface area contributed by atoms with Crippen molar-refractivity contribution < 1.29 is 4.79 Å². The Morgan fingerprint density at radius 2 is 1.77 bits per heavy atom. The van der Waals surface area contributed by atoms with Crippen LogP contribution in [0.5, 0.6) is 0 Å². The van der Waals surface area contributed by atoms with E-state index in [2.05, 4.69) is 15.3 Å². The molecule has 0 spiro atoms. The number of amides is 1. The van der Waals surface area contributed by atoms with Gasteiger partial charge in [-0.15, -0.1) is 0 Å². The van der Waals surface area contributed by atoms with Gasteiger partial charge in [0.2, 0.25) is 0 Å². The molecule has 0 aliphatic heterocycles. The van der Waals surface area contributed by atoms with E-state index in [1.54, 1.807) is 24.9 Å². The van der Waals surface area contributed by atoms with E-state index < -0.39 is 0 Å². The average molecular weight is 367 g/mol. The fourth-order valence-corrected chi connectivity index (χ4v) is 2.74. The van der Waals surface area contributed by atoms with E-state index >= 15 is 0 Å². The first-order chi connectivity index (χ1) is 12.5. The van der Waals surface area contributed by atoms with Crippen LogP contribution in [0.1, 0.15) is 21.9 Å². The average Bonchev–Trinajstić information content (AvgIpc) is 2.66. The molecule has 1 N–H and O–H groups in total. The molecule has 1 heterocycles. The van der Waals surface area contributed by atoms with Gasteiger partial charge in [0.1, 0.15) is 17.3 Å². The summed E-state index contributed by atoms with van der Waals surface area (Å²) in [7, 11) is 1.73. The lowest BCUT2D eigenvalue weighted by Gasteiger charge is -2.17. The number of carbonyl (C=O) groups is 1. The zero-order chi connectivity index (χ0) is 18.5. The van der Waals surface area contributed by atoms with Crippen molar-refractivity contribution in [2.45, 2.75) is 13.5 Å². The van der Waals surface area contributed by atoms with E-state index in [0.29, 0.717) is 28.9 Å². The Labute approximate surface area is 157 Å². The van der Waals surface area contributed by atoms with Gasteiger partial charge in [0.15, 0.2) is 0 Å². The van der Waals surface area contributed by atoms with E-state index in [0.717, 1.165) is 11.3 Å². The van der Waals surface area contributed by atoms with Crippen LogP contribution in [-0.4, -0.2) is 22.9 Å². The smallest absolute Gasteiger partial charge is 0.276 e. The molecule has 26 heavy (non-hydrogen) atoms. The monoisotopic (exact) mass is 366 g/mol. The largest absolute Gasteiger partial charge is 0.366 e. The highest BCUT2D eigenvalue weighted by atomic mass is 35.5. The molecule has 0 saturated heterocycles. The Morgan fingerprint density at radius 3 is 2.50 bits per heavy atom. The highest BCUT2D eigenvalue weighted by Crippen LogP contribution is 2.18. The van der Waals surface area contributed by atoms with E-state index in [4.69, 9.17) is 11.6 Å². The summed E-state index contributed by atoms with van der Waals surface area (Å²) in [5.74, 6) is 0.920. The van der Waals surface area contributed by atoms with E-state index in [9.17, 15) is 4.79 Å². The second-order valence-corrected chi connectivity index (χ2v) is 6.24. The van der Waals surface area contributed by atoms with Crippen LogP contribution in [0.2, 0.25) is 5.02 Å². The SMILES string of the molecule is Cc1nc(NCc2ccccc2Cl)cc(C(=O)N(C)c2ccccc2)n1. The number of hydrogen-bond donors (Lipinski definition) is 1. The molecule has 0 fully saturated rings. The van der Waals surface area contributed by atoms with E-state index in [1.165, 1.54) is 0 Å². The predicted octanol–water partition coefficient (Wildman–Crippen LogP) is 4.33. The highest BCUT2D eigenvalue weighted by Gasteiger charge is 2.16. The van der Waals surface area contributed by atoms with Gasteiger partial charge in [-0.05, 0) is 30.7 Å². The standard InChI is InChI=1S/C20H19ClN4O/c1-14-23-18(20(26)25(2)16-9-4-3-5-10-16)12-19(24-14)22-13-15-8-6-7-11-17(15)21/h3-12H,13H2,1-2H3,(H,22,23,24). The van der Waals surface area contributed by atoms with Gasteiger partial charge in [-0.2, -0.15) is 0 Å². The molecule has 132 valence electrons. The quantitative estimate of drug-likeness (QED) is 0.730. The van der Waals surface area contributed by atoms with Crippen LogP contribution in [0.15, 0.2) is 60.7 Å². The molecule has 0 saturated carbocycles. The van der Waals surface area contributed by atoms with Gasteiger partial charge in [0.05, 0.1) is 0 Å². The van der Waals surface area contributed by atoms with Gasteiger partial charge in [-0.1, -0.05) is 48.0 Å². The van der Waals surface area contributed by atoms with Crippen LogP contribution in [0, 0.1) is 6.92 Å². The van der Waals surface area contributed by atoms with Gasteiger partial charge in [-0.25, -0.2) is 9.97 Å². The van der Waals surface area contributed by atoms with Crippen molar-refractivity contribution in [3.8, 4) is 0 Å². The molecule has 0 aliphatic rings. The summed E-state index contributed by atoms with van der Waals surface area (Å²) in [6, 6.07) is 18.7. The maximum absolute atomic E-state index is 12.8. The maximum Gasteiger partial charge on any atom is 0.276 e. The molecule has 3 aromatic rings. The Morgan fingerprint density at radius 1 is 1.08 bits per heavy atom. The fourth-order valence-electron chi connectivity index (χ4n) is 2.54. The number of aryl methyl sites for hydroxylation is 1. The summed E-state index contributed by atoms with van der Waals surface area (Å²) in [5, 5.41) is 3.90. The van der Waals surface area contributed by atoms with Crippen molar-refractivity contribution in [1.82, 2.24) is 9.97 Å². The highest BCUT2D eigenvalue weighted by molar-refractivity contribution is 6.31. The number of carbonyl (C=O) groups excluding carboxylic acids is 1. The van der Waals surface area contributed by atoms with Crippen LogP contribution in [-0.2, 0) is 6.54 Å². The Hall–Kier alpha value is -2.92. The minimum absolute atomic E-state index is 0.192. The normalized spacial score (nSPS) is 10.4. The first-order valence-corrected chi connectivity index (χ1v) is 8.58. The molecule has 0 aliphatic carbocycles. The maximum atomic E-state index is 12.8. The van der Waals surface area contributed by atoms with Crippen molar-refractivity contribution in [3.05, 3.63) is 82.8 Å². The number of nitrogens with one attached hydrogen (secondary N) is 1. The van der Waals surface area contributed by atoms with E-state index in [1.807, 2.05) is 54.6 Å². The number of nitrogens with zero attached hydrogens (tertiary/aromatic N) is 3. The second-order valence-electron chi connectivity index (χ2n) is 5.83. The third kappa shape index (κ3) is 4.18. The number of benzene rings is 2. The lowest BCUT2D eigenvalue weighted by molar-refractivity contribution is 0.0988. The van der Waals surface area contributed by atoms with Crippen LogP contribution < -0.4 is 10.2 Å². The summed E-state index contributed by atoms with van der Waals surface area (Å²) in [5.41, 5.74) is 2.10. The van der Waals surface area contributed by atoms with Gasteiger partial charge >= 0.3 is 0 Å². The second kappa shape index (κ2) is 7.97. The summed E-state index contributed by atoms with van der Waals surface area (Å²) in [6.07, 6.45) is 0. The number of anilines is 2. The fraction of sp³-hybridized carbons (Fsp3) is 0.150. The third-order valence-electron chi connectivity index (χ3n) is 3.92. The lowest BCUT2D eigenvalue weighted by Crippen LogP contribution is -2.27. The minimum atomic E-state index is -0.192. The molecule has 2 aromatic carbocycles. The molecule has 0 radical (unpaired) electrons. The van der Waals surface area contributed by atoms with Crippen LogP contribution >= 0.6 is 11.6 Å². The molecule has 6 heteroatoms. The van der Waals surface area contributed by atoms with Crippen molar-refractivity contribution in [3.63, 3.8) is 0 Å². The Balaban J connectivity index is 1.79. The molecule has 1 aromatic heterocycles. The number of rotatable bonds is 5. The van der Waals surface area contributed by atoms with Gasteiger partial charge in [-0.3, -0.25) is 4.79 Å². The number of para-hydroxylation sites is 1. The zero-order valence-corrected chi connectivity index (χ0v) is 15.4. The Bertz CT molecular complexity index is 915. The van der Waals surface area contributed by atoms with Crippen molar-refractivity contribution in [2.24, 2.45) is 0 Å². The summed E-state index contributed by atoms with van der Waals surface area (Å²) in [4.78, 5) is 23.0. The minimum Gasteiger partial charge on any atom is -0.366 e. The van der Waals surface area contributed by atoms with Crippen molar-refractivity contribution >= 4 is 29.0 Å². The molecule has 0 unspecified atom stereocenters. The summed E-state index contributed by atoms with van der Waals surface area (Å²) in [6.45, 7) is 2.28. The van der Waals surface area contributed by atoms with Gasteiger partial charge < -0.3 is 10.2 Å². The number of halogens is 1. The molecule has 3 rings (SSSR count). The van der Waals surface area contributed by atoms with Crippen LogP contribution in [0.25, 0.3) is 0 Å². The van der Waals surface area contributed by atoms with E-state index in [-0.39, 0.29) is 5.91 Å². The lowest BCUT2D eigenvalue weighted by atomic mass is 10.2. The Kier molecular flexibility index (Phi) is 5.49. The third-order valence-corrected chi connectivity index (χ3v) is 4.29. The summed E-state index contributed by atoms with van der Waals surface area (Å²) >= 11 is 6.18. The van der Waals surface area contributed by atoms with Crippen molar-refractivity contribution in [1.29, 1.82) is 0 Å². The molecular weight excluding hydrogens is 348 g/mol. The molecule has 1 amide bonds. The first kappa shape index (κ1) is 17.9. The molecule has 5 nitrogen and oxygen atoms in total. The molecular formula is C20H19ClN4O. The summed E-state index contributed by atoms with van der Waals surface area (Å²) < 4.78 is 0. The zero-order valence-electron chi connectivity index (χ0n) is 14.6.